The Labute approximate surface area is 127 Å². The maximum Gasteiger partial charge on any atom is 0.277 e. The van der Waals surface area contributed by atoms with Crippen molar-refractivity contribution in [3.05, 3.63) is 41.3 Å². The van der Waals surface area contributed by atoms with Crippen LogP contribution in [-0.4, -0.2) is 33.8 Å². The van der Waals surface area contributed by atoms with Gasteiger partial charge in [-0.1, -0.05) is 41.6 Å². The van der Waals surface area contributed by atoms with E-state index >= 15 is 0 Å². The highest BCUT2D eigenvalue weighted by molar-refractivity contribution is 7.99. The van der Waals surface area contributed by atoms with Gasteiger partial charge in [-0.05, 0) is 12.5 Å². The van der Waals surface area contributed by atoms with Crippen molar-refractivity contribution >= 4 is 17.7 Å². The quantitative estimate of drug-likeness (QED) is 0.816. The molecular weight excluding hydrogens is 288 g/mol. The van der Waals surface area contributed by atoms with E-state index in [0.717, 1.165) is 5.56 Å². The molecule has 0 atom stereocenters. The van der Waals surface area contributed by atoms with Crippen LogP contribution >= 0.6 is 11.8 Å². The Kier molecular flexibility index (Phi) is 5.35. The minimum Gasteiger partial charge on any atom is -0.415 e. The Balaban J connectivity index is 1.83. The predicted molar refractivity (Wildman–Crippen MR) is 80.6 cm³/mol. The zero-order chi connectivity index (χ0) is 15.2. The van der Waals surface area contributed by atoms with Gasteiger partial charge >= 0.3 is 0 Å². The summed E-state index contributed by atoms with van der Waals surface area (Å²) in [6.07, 6.45) is 0. The van der Waals surface area contributed by atoms with Crippen molar-refractivity contribution in [2.45, 2.75) is 25.2 Å². The van der Waals surface area contributed by atoms with Gasteiger partial charge in [0, 0.05) is 13.6 Å². The highest BCUT2D eigenvalue weighted by atomic mass is 32.2. The summed E-state index contributed by atoms with van der Waals surface area (Å²) in [4.78, 5) is 13.7. The van der Waals surface area contributed by atoms with E-state index < -0.39 is 0 Å². The van der Waals surface area contributed by atoms with Gasteiger partial charge in [0.25, 0.3) is 5.22 Å². The molecule has 21 heavy (non-hydrogen) atoms. The molecule has 1 amide bonds. The SMILES string of the molecule is Cc1ccc(CN(C)C(=O)CSc2nnc(CN)o2)cc1. The van der Waals surface area contributed by atoms with Crippen LogP contribution in [0.3, 0.4) is 0 Å². The second-order valence-corrected chi connectivity index (χ2v) is 5.62. The van der Waals surface area contributed by atoms with Gasteiger partial charge in [0.05, 0.1) is 12.3 Å². The van der Waals surface area contributed by atoms with Gasteiger partial charge < -0.3 is 15.1 Å². The third-order valence-corrected chi connectivity index (χ3v) is 3.71. The van der Waals surface area contributed by atoms with Crippen molar-refractivity contribution in [3.8, 4) is 0 Å². The number of carbonyl (C=O) groups is 1. The summed E-state index contributed by atoms with van der Waals surface area (Å²) < 4.78 is 5.24. The fraction of sp³-hybridized carbons (Fsp3) is 0.357. The van der Waals surface area contributed by atoms with Gasteiger partial charge in [0.1, 0.15) is 0 Å². The van der Waals surface area contributed by atoms with Gasteiger partial charge in [-0.15, -0.1) is 10.2 Å². The molecule has 0 aliphatic heterocycles. The van der Waals surface area contributed by atoms with Crippen LogP contribution in [0.25, 0.3) is 0 Å². The summed E-state index contributed by atoms with van der Waals surface area (Å²) >= 11 is 1.22. The number of aryl methyl sites for hydroxylation is 1. The van der Waals surface area contributed by atoms with Crippen LogP contribution in [0, 0.1) is 6.92 Å². The minimum absolute atomic E-state index is 0.00748. The Hall–Kier alpha value is -1.86. The van der Waals surface area contributed by atoms with Gasteiger partial charge in [-0.3, -0.25) is 4.79 Å². The van der Waals surface area contributed by atoms with E-state index in [1.54, 1.807) is 11.9 Å². The lowest BCUT2D eigenvalue weighted by atomic mass is 10.1. The maximum atomic E-state index is 12.1. The molecule has 0 radical (unpaired) electrons. The molecule has 0 saturated carbocycles. The Morgan fingerprint density at radius 2 is 2.05 bits per heavy atom. The van der Waals surface area contributed by atoms with Crippen LogP contribution in [0.4, 0.5) is 0 Å². The van der Waals surface area contributed by atoms with E-state index in [2.05, 4.69) is 10.2 Å². The van der Waals surface area contributed by atoms with Crippen molar-refractivity contribution in [1.29, 1.82) is 0 Å². The first-order valence-corrected chi connectivity index (χ1v) is 7.52. The van der Waals surface area contributed by atoms with Crippen molar-refractivity contribution in [3.63, 3.8) is 0 Å². The number of hydrogen-bond acceptors (Lipinski definition) is 6. The maximum absolute atomic E-state index is 12.1. The number of thioether (sulfide) groups is 1. The number of hydrogen-bond donors (Lipinski definition) is 1. The molecule has 0 spiro atoms. The molecule has 0 saturated heterocycles. The molecule has 7 heteroatoms. The fourth-order valence-electron chi connectivity index (χ4n) is 1.67. The molecule has 2 aromatic rings. The average molecular weight is 306 g/mol. The third kappa shape index (κ3) is 4.57. The number of nitrogens with two attached hydrogens (primary N) is 1. The summed E-state index contributed by atoms with van der Waals surface area (Å²) in [5.41, 5.74) is 7.69. The predicted octanol–water partition coefficient (Wildman–Crippen LogP) is 1.59. The van der Waals surface area contributed by atoms with E-state index in [-0.39, 0.29) is 18.2 Å². The molecule has 0 aliphatic carbocycles. The van der Waals surface area contributed by atoms with E-state index in [1.165, 1.54) is 17.3 Å². The molecule has 0 unspecified atom stereocenters. The van der Waals surface area contributed by atoms with E-state index in [0.29, 0.717) is 17.7 Å². The van der Waals surface area contributed by atoms with Crippen LogP contribution in [0.5, 0.6) is 0 Å². The number of rotatable bonds is 6. The van der Waals surface area contributed by atoms with Gasteiger partial charge in [0.15, 0.2) is 0 Å². The third-order valence-electron chi connectivity index (χ3n) is 2.91. The molecule has 2 rings (SSSR count). The summed E-state index contributed by atoms with van der Waals surface area (Å²) in [6, 6.07) is 8.12. The first kappa shape index (κ1) is 15.5. The molecule has 0 aliphatic rings. The molecule has 0 bridgehead atoms. The first-order valence-electron chi connectivity index (χ1n) is 6.53. The number of amides is 1. The monoisotopic (exact) mass is 306 g/mol. The van der Waals surface area contributed by atoms with Crippen LogP contribution < -0.4 is 5.73 Å². The Morgan fingerprint density at radius 3 is 2.67 bits per heavy atom. The summed E-state index contributed by atoms with van der Waals surface area (Å²) in [5, 5.41) is 7.92. The van der Waals surface area contributed by atoms with Crippen LogP contribution in [0.2, 0.25) is 0 Å². The van der Waals surface area contributed by atoms with E-state index in [4.69, 9.17) is 10.2 Å². The molecule has 0 fully saturated rings. The van der Waals surface area contributed by atoms with Crippen molar-refractivity contribution in [2.75, 3.05) is 12.8 Å². The molecule has 1 aromatic heterocycles. The number of benzene rings is 1. The highest BCUT2D eigenvalue weighted by Gasteiger charge is 2.12. The van der Waals surface area contributed by atoms with Gasteiger partial charge in [0.2, 0.25) is 11.8 Å². The second-order valence-electron chi connectivity index (χ2n) is 4.69. The zero-order valence-electron chi connectivity index (χ0n) is 12.1. The number of nitrogens with zero attached hydrogens (tertiary/aromatic N) is 3. The zero-order valence-corrected chi connectivity index (χ0v) is 12.9. The second kappa shape index (κ2) is 7.24. The average Bonchev–Trinajstić information content (AvgIpc) is 2.95. The van der Waals surface area contributed by atoms with Crippen molar-refractivity contribution in [1.82, 2.24) is 15.1 Å². The van der Waals surface area contributed by atoms with Crippen molar-refractivity contribution < 1.29 is 9.21 Å². The summed E-state index contributed by atoms with van der Waals surface area (Å²) in [6.45, 7) is 2.82. The minimum atomic E-state index is 0.00748. The molecule has 1 aromatic carbocycles. The van der Waals surface area contributed by atoms with Crippen molar-refractivity contribution in [2.24, 2.45) is 5.73 Å². The van der Waals surface area contributed by atoms with Gasteiger partial charge in [-0.2, -0.15) is 0 Å². The van der Waals surface area contributed by atoms with Crippen LogP contribution in [0.15, 0.2) is 33.9 Å². The van der Waals surface area contributed by atoms with Crippen LogP contribution in [0.1, 0.15) is 17.0 Å². The molecular formula is C14H18N4O2S. The normalized spacial score (nSPS) is 10.6. The molecule has 2 N–H and O–H groups in total. The lowest BCUT2D eigenvalue weighted by Crippen LogP contribution is -2.27. The first-order chi connectivity index (χ1) is 10.1. The molecule has 6 nitrogen and oxygen atoms in total. The topological polar surface area (TPSA) is 85.2 Å². The summed E-state index contributed by atoms with van der Waals surface area (Å²) in [5.74, 6) is 0.639. The number of carbonyl (C=O) groups excluding carboxylic acids is 1. The standard InChI is InChI=1S/C14H18N4O2S/c1-10-3-5-11(6-4-10)8-18(2)13(19)9-21-14-17-16-12(7-15)20-14/h3-6H,7-9,15H2,1-2H3. The van der Waals surface area contributed by atoms with E-state index in [9.17, 15) is 4.79 Å². The number of aromatic nitrogens is 2. The largest absolute Gasteiger partial charge is 0.415 e. The molecule has 1 heterocycles. The van der Waals surface area contributed by atoms with Gasteiger partial charge in [-0.25, -0.2) is 0 Å². The van der Waals surface area contributed by atoms with E-state index in [1.807, 2.05) is 31.2 Å². The highest BCUT2D eigenvalue weighted by Crippen LogP contribution is 2.16. The Morgan fingerprint density at radius 1 is 1.33 bits per heavy atom. The smallest absolute Gasteiger partial charge is 0.277 e. The molecule has 112 valence electrons. The lowest BCUT2D eigenvalue weighted by Gasteiger charge is -2.16. The lowest BCUT2D eigenvalue weighted by molar-refractivity contribution is -0.127. The van der Waals surface area contributed by atoms with Crippen LogP contribution in [-0.2, 0) is 17.9 Å². The Bertz CT molecular complexity index is 597. The summed E-state index contributed by atoms with van der Waals surface area (Å²) in [7, 11) is 1.78. The fourth-order valence-corrected chi connectivity index (χ4v) is 2.39.